The van der Waals surface area contributed by atoms with Gasteiger partial charge in [-0.15, -0.1) is 0 Å². The van der Waals surface area contributed by atoms with Crippen LogP contribution in [0.25, 0.3) is 0 Å². The molecule has 1 spiro atoms. The molecule has 10 heteroatoms. The zero-order valence-corrected chi connectivity index (χ0v) is 17.1. The Kier molecular flexibility index (Phi) is 6.42. The van der Waals surface area contributed by atoms with E-state index in [1.165, 1.54) is 13.8 Å². The van der Waals surface area contributed by atoms with Crippen LogP contribution in [0.15, 0.2) is 0 Å². The highest BCUT2D eigenvalue weighted by Gasteiger charge is 2.57. The van der Waals surface area contributed by atoms with Crippen LogP contribution in [0.4, 0.5) is 0 Å². The van der Waals surface area contributed by atoms with E-state index in [0.29, 0.717) is 52.2 Å². The molecule has 0 saturated carbocycles. The Morgan fingerprint density at radius 3 is 1.97 bits per heavy atom. The highest BCUT2D eigenvalue weighted by atomic mass is 16.3. The molecule has 0 bridgehead atoms. The number of hydrogen-bond donors (Lipinski definition) is 3. The maximum atomic E-state index is 12.7. The number of nitrogens with one attached hydrogen (secondary N) is 2. The lowest BCUT2D eigenvalue weighted by Crippen LogP contribution is -2.79. The number of likely N-dealkylation sites (tertiary alicyclic amines) is 1. The minimum atomic E-state index is -0.421. The molecule has 0 aromatic heterocycles. The summed E-state index contributed by atoms with van der Waals surface area (Å²) in [4.78, 5) is 52.9. The van der Waals surface area contributed by atoms with Crippen LogP contribution < -0.4 is 10.6 Å². The number of amides is 4. The molecule has 29 heavy (non-hydrogen) atoms. The van der Waals surface area contributed by atoms with Gasteiger partial charge >= 0.3 is 0 Å². The van der Waals surface area contributed by atoms with Gasteiger partial charge in [0.2, 0.25) is 23.6 Å². The van der Waals surface area contributed by atoms with Crippen LogP contribution in [0.3, 0.4) is 0 Å². The molecular formula is C19H31N5O5. The molecule has 3 heterocycles. The molecule has 0 aromatic rings. The Labute approximate surface area is 170 Å². The van der Waals surface area contributed by atoms with Crippen LogP contribution >= 0.6 is 0 Å². The molecule has 3 fully saturated rings. The molecule has 0 aromatic carbocycles. The van der Waals surface area contributed by atoms with Crippen LogP contribution in [0.1, 0.15) is 33.1 Å². The van der Waals surface area contributed by atoms with Crippen molar-refractivity contribution in [3.8, 4) is 0 Å². The van der Waals surface area contributed by atoms with Gasteiger partial charge in [0.25, 0.3) is 0 Å². The van der Waals surface area contributed by atoms with Crippen LogP contribution in [0.5, 0.6) is 0 Å². The van der Waals surface area contributed by atoms with Gasteiger partial charge in [-0.25, -0.2) is 0 Å². The standard InChI is InChI=1S/C19H31N5O5/c1-13(25)20-5-3-17(28)22-8-15-7-16(27)9-24(15)19(10-22)11-23(12-19)18(29)4-6-21-14(2)26/h15-16,27H,3-12H2,1-2H3,(H,20,25)(H,21,26). The quantitative estimate of drug-likeness (QED) is 0.462. The Bertz CT molecular complexity index is 678. The van der Waals surface area contributed by atoms with Crippen molar-refractivity contribution < 1.29 is 24.3 Å². The molecule has 4 amide bonds. The van der Waals surface area contributed by atoms with E-state index in [1.54, 1.807) is 4.90 Å². The summed E-state index contributed by atoms with van der Waals surface area (Å²) < 4.78 is 0. The summed E-state index contributed by atoms with van der Waals surface area (Å²) >= 11 is 0. The maximum Gasteiger partial charge on any atom is 0.224 e. The van der Waals surface area contributed by atoms with E-state index in [1.807, 2.05) is 4.90 Å². The van der Waals surface area contributed by atoms with Crippen molar-refractivity contribution >= 4 is 23.6 Å². The number of rotatable bonds is 6. The van der Waals surface area contributed by atoms with E-state index in [-0.39, 0.29) is 48.1 Å². The summed E-state index contributed by atoms with van der Waals surface area (Å²) in [6, 6.07) is 0.0834. The number of nitrogens with zero attached hydrogens (tertiary/aromatic N) is 3. The fraction of sp³-hybridized carbons (Fsp3) is 0.789. The lowest BCUT2D eigenvalue weighted by Gasteiger charge is -2.60. The van der Waals surface area contributed by atoms with Gasteiger partial charge in [-0.3, -0.25) is 24.1 Å². The fourth-order valence-corrected chi connectivity index (χ4v) is 4.73. The zero-order valence-electron chi connectivity index (χ0n) is 17.1. The normalized spacial score (nSPS) is 25.3. The van der Waals surface area contributed by atoms with Crippen LogP contribution in [-0.4, -0.2) is 107 Å². The van der Waals surface area contributed by atoms with E-state index < -0.39 is 6.10 Å². The summed E-state index contributed by atoms with van der Waals surface area (Å²) in [6.45, 7) is 6.14. The molecule has 2 unspecified atom stereocenters. The van der Waals surface area contributed by atoms with Crippen molar-refractivity contribution in [2.24, 2.45) is 0 Å². The predicted octanol–water partition coefficient (Wildman–Crippen LogP) is -2.10. The van der Waals surface area contributed by atoms with Gasteiger partial charge in [0.05, 0.1) is 11.6 Å². The van der Waals surface area contributed by atoms with Crippen molar-refractivity contribution in [2.45, 2.75) is 50.8 Å². The Morgan fingerprint density at radius 2 is 1.41 bits per heavy atom. The number of piperazine rings is 1. The first-order valence-corrected chi connectivity index (χ1v) is 10.2. The number of aliphatic hydroxyl groups is 1. The lowest BCUT2D eigenvalue weighted by molar-refractivity contribution is -0.161. The summed E-state index contributed by atoms with van der Waals surface area (Å²) in [7, 11) is 0. The lowest BCUT2D eigenvalue weighted by atomic mass is 9.83. The number of hydrogen-bond acceptors (Lipinski definition) is 6. The molecule has 3 N–H and O–H groups in total. The average Bonchev–Trinajstić information content (AvgIpc) is 2.98. The van der Waals surface area contributed by atoms with Crippen molar-refractivity contribution in [1.82, 2.24) is 25.3 Å². The van der Waals surface area contributed by atoms with Gasteiger partial charge in [-0.05, 0) is 6.42 Å². The number of carbonyl (C=O) groups is 4. The second kappa shape index (κ2) is 8.66. The SMILES string of the molecule is CC(=O)NCCC(=O)N1CC2CC(O)CN2C2(C1)CN(C(=O)CCNC(C)=O)C2. The number of carbonyl (C=O) groups excluding carboxylic acids is 4. The highest BCUT2D eigenvalue weighted by molar-refractivity contribution is 5.80. The van der Waals surface area contributed by atoms with Crippen molar-refractivity contribution in [2.75, 3.05) is 45.8 Å². The molecule has 3 rings (SSSR count). The third-order valence-corrected chi connectivity index (χ3v) is 6.02. The van der Waals surface area contributed by atoms with E-state index >= 15 is 0 Å². The molecule has 2 atom stereocenters. The third kappa shape index (κ3) is 4.87. The number of fused-ring (bicyclic) bond motifs is 2. The first-order chi connectivity index (χ1) is 13.7. The second-order valence-corrected chi connectivity index (χ2v) is 8.41. The monoisotopic (exact) mass is 409 g/mol. The van der Waals surface area contributed by atoms with Gasteiger partial charge in [0.15, 0.2) is 0 Å². The van der Waals surface area contributed by atoms with Crippen molar-refractivity contribution in [3.63, 3.8) is 0 Å². The van der Waals surface area contributed by atoms with E-state index in [2.05, 4.69) is 15.5 Å². The Hall–Kier alpha value is -2.20. The summed E-state index contributed by atoms with van der Waals surface area (Å²) in [5.41, 5.74) is -0.326. The third-order valence-electron chi connectivity index (χ3n) is 6.02. The van der Waals surface area contributed by atoms with E-state index in [0.717, 1.165) is 0 Å². The molecule has 3 aliphatic heterocycles. The first kappa shape index (κ1) is 21.5. The summed E-state index contributed by atoms with van der Waals surface area (Å²) in [6.07, 6.45) is 0.690. The maximum absolute atomic E-state index is 12.7. The van der Waals surface area contributed by atoms with Gasteiger partial charge in [0, 0.05) is 78.5 Å². The van der Waals surface area contributed by atoms with E-state index in [4.69, 9.17) is 0 Å². The van der Waals surface area contributed by atoms with Gasteiger partial charge in [-0.2, -0.15) is 0 Å². The van der Waals surface area contributed by atoms with Crippen LogP contribution in [0.2, 0.25) is 0 Å². The molecule has 162 valence electrons. The predicted molar refractivity (Wildman–Crippen MR) is 104 cm³/mol. The minimum absolute atomic E-state index is 0.0187. The number of aliphatic hydroxyl groups excluding tert-OH is 1. The van der Waals surface area contributed by atoms with Crippen molar-refractivity contribution in [1.29, 1.82) is 0 Å². The largest absolute Gasteiger partial charge is 0.392 e. The zero-order chi connectivity index (χ0) is 21.2. The topological polar surface area (TPSA) is 122 Å². The Morgan fingerprint density at radius 1 is 0.897 bits per heavy atom. The van der Waals surface area contributed by atoms with Gasteiger partial charge in [-0.1, -0.05) is 0 Å². The highest BCUT2D eigenvalue weighted by Crippen LogP contribution is 2.39. The molecule has 3 saturated heterocycles. The van der Waals surface area contributed by atoms with Gasteiger partial charge < -0.3 is 25.5 Å². The van der Waals surface area contributed by atoms with Gasteiger partial charge in [0.1, 0.15) is 0 Å². The molecule has 0 radical (unpaired) electrons. The molecule has 10 nitrogen and oxygen atoms in total. The number of β-amino-alcohol motifs (C(OH)–C–C–N with tert-alkyl or cyclic N) is 1. The Balaban J connectivity index is 1.59. The van der Waals surface area contributed by atoms with Crippen LogP contribution in [-0.2, 0) is 19.2 Å². The van der Waals surface area contributed by atoms with Crippen LogP contribution in [0, 0.1) is 0 Å². The minimum Gasteiger partial charge on any atom is -0.392 e. The summed E-state index contributed by atoms with van der Waals surface area (Å²) in [5, 5.41) is 15.4. The fourth-order valence-electron chi connectivity index (χ4n) is 4.73. The first-order valence-electron chi connectivity index (χ1n) is 10.2. The smallest absolute Gasteiger partial charge is 0.224 e. The van der Waals surface area contributed by atoms with Crippen molar-refractivity contribution in [3.05, 3.63) is 0 Å². The second-order valence-electron chi connectivity index (χ2n) is 8.41. The summed E-state index contributed by atoms with van der Waals surface area (Å²) in [5.74, 6) is -0.359. The molecular weight excluding hydrogens is 378 g/mol. The average molecular weight is 409 g/mol. The van der Waals surface area contributed by atoms with E-state index in [9.17, 15) is 24.3 Å². The molecule has 0 aliphatic carbocycles. The molecule has 3 aliphatic rings.